The zero-order chi connectivity index (χ0) is 10.7. The average molecular weight is 212 g/mol. The van der Waals surface area contributed by atoms with Gasteiger partial charge in [-0.2, -0.15) is 0 Å². The molecular weight excluding hydrogens is 188 g/mol. The van der Waals surface area contributed by atoms with E-state index in [1.807, 2.05) is 10.0 Å². The zero-order valence-electron chi connectivity index (χ0n) is 9.57. The Morgan fingerprint density at radius 3 is 1.40 bits per heavy atom. The first-order valence-electron chi connectivity index (χ1n) is 6.23. The number of rotatable bonds is 2. The number of piperidine rings is 2. The Morgan fingerprint density at radius 1 is 0.733 bits per heavy atom. The molecule has 2 heterocycles. The fourth-order valence-electron chi connectivity index (χ4n) is 2.85. The Labute approximate surface area is 92.5 Å². The predicted octanol–water partition coefficient (Wildman–Crippen LogP) is 0.548. The van der Waals surface area contributed by atoms with Gasteiger partial charge in [-0.25, -0.2) is 10.0 Å². The van der Waals surface area contributed by atoms with Crippen LogP contribution in [0, 0.1) is 11.8 Å². The predicted molar refractivity (Wildman–Crippen MR) is 61.6 cm³/mol. The highest BCUT2D eigenvalue weighted by atomic mass is 15.4. The van der Waals surface area contributed by atoms with Crippen molar-refractivity contribution in [2.75, 3.05) is 26.2 Å². The molecule has 0 aromatic carbocycles. The molecule has 0 radical (unpaired) electrons. The van der Waals surface area contributed by atoms with Gasteiger partial charge in [-0.05, 0) is 43.9 Å². The second-order valence-electron chi connectivity index (χ2n) is 5.19. The maximum absolute atomic E-state index is 5.76. The summed E-state index contributed by atoms with van der Waals surface area (Å²) in [6.45, 7) is 4.33. The standard InChI is InChI=1S/C11H24N4/c12-14-5-1-10(2-6-14)9-11-3-7-15(13)8-4-11/h10-11H,1-9,12-13H2. The largest absolute Gasteiger partial charge is 0.269 e. The average Bonchev–Trinajstić information content (AvgIpc) is 2.25. The van der Waals surface area contributed by atoms with E-state index in [1.54, 1.807) is 0 Å². The lowest BCUT2D eigenvalue weighted by Crippen LogP contribution is -2.41. The second kappa shape index (κ2) is 5.25. The molecule has 0 aromatic heterocycles. The molecule has 2 rings (SSSR count). The molecule has 0 spiro atoms. The van der Waals surface area contributed by atoms with E-state index in [0.29, 0.717) is 0 Å². The fourth-order valence-corrected chi connectivity index (χ4v) is 2.85. The van der Waals surface area contributed by atoms with Gasteiger partial charge in [-0.15, -0.1) is 0 Å². The number of hydrogen-bond acceptors (Lipinski definition) is 4. The molecule has 4 nitrogen and oxygen atoms in total. The molecule has 15 heavy (non-hydrogen) atoms. The van der Waals surface area contributed by atoms with Gasteiger partial charge < -0.3 is 0 Å². The molecule has 0 amide bonds. The van der Waals surface area contributed by atoms with Gasteiger partial charge in [-0.3, -0.25) is 11.7 Å². The molecule has 0 unspecified atom stereocenters. The molecule has 0 aromatic rings. The maximum Gasteiger partial charge on any atom is 0.0131 e. The van der Waals surface area contributed by atoms with Crippen molar-refractivity contribution in [2.24, 2.45) is 23.5 Å². The van der Waals surface area contributed by atoms with Crippen molar-refractivity contribution < 1.29 is 0 Å². The van der Waals surface area contributed by atoms with Crippen molar-refractivity contribution in [1.82, 2.24) is 10.0 Å². The third-order valence-corrected chi connectivity index (χ3v) is 3.96. The Balaban J connectivity index is 1.68. The minimum absolute atomic E-state index is 0.916. The summed E-state index contributed by atoms with van der Waals surface area (Å²) in [6, 6.07) is 0. The summed E-state index contributed by atoms with van der Waals surface area (Å²) in [5, 5.41) is 3.91. The van der Waals surface area contributed by atoms with Gasteiger partial charge in [0.1, 0.15) is 0 Å². The Bertz CT molecular complexity index is 161. The number of nitrogens with zero attached hydrogens (tertiary/aromatic N) is 2. The number of hydrazine groups is 2. The SMILES string of the molecule is NN1CCC(CC2CCN(N)CC2)CC1. The van der Waals surface area contributed by atoms with Crippen LogP contribution in [0.4, 0.5) is 0 Å². The van der Waals surface area contributed by atoms with E-state index in [1.165, 1.54) is 32.1 Å². The van der Waals surface area contributed by atoms with Crippen molar-refractivity contribution in [2.45, 2.75) is 32.1 Å². The summed E-state index contributed by atoms with van der Waals surface area (Å²) in [7, 11) is 0. The molecule has 4 heteroatoms. The topological polar surface area (TPSA) is 58.5 Å². The fraction of sp³-hybridized carbons (Fsp3) is 1.00. The lowest BCUT2D eigenvalue weighted by Gasteiger charge is -2.34. The van der Waals surface area contributed by atoms with E-state index in [2.05, 4.69) is 0 Å². The van der Waals surface area contributed by atoms with E-state index in [4.69, 9.17) is 11.7 Å². The molecular formula is C11H24N4. The first-order valence-corrected chi connectivity index (χ1v) is 6.23. The van der Waals surface area contributed by atoms with Crippen LogP contribution in [0.5, 0.6) is 0 Å². The number of nitrogens with two attached hydrogens (primary N) is 2. The summed E-state index contributed by atoms with van der Waals surface area (Å²) in [6.07, 6.45) is 6.57. The first kappa shape index (κ1) is 11.3. The minimum atomic E-state index is 0.916. The van der Waals surface area contributed by atoms with Crippen molar-refractivity contribution >= 4 is 0 Å². The van der Waals surface area contributed by atoms with Gasteiger partial charge in [-0.1, -0.05) is 0 Å². The van der Waals surface area contributed by atoms with Crippen LogP contribution >= 0.6 is 0 Å². The Morgan fingerprint density at radius 2 is 1.07 bits per heavy atom. The van der Waals surface area contributed by atoms with Crippen molar-refractivity contribution in [1.29, 1.82) is 0 Å². The van der Waals surface area contributed by atoms with Gasteiger partial charge in [0.05, 0.1) is 0 Å². The minimum Gasteiger partial charge on any atom is -0.269 e. The molecule has 0 bridgehead atoms. The second-order valence-corrected chi connectivity index (χ2v) is 5.19. The van der Waals surface area contributed by atoms with E-state index in [0.717, 1.165) is 38.0 Å². The molecule has 0 saturated carbocycles. The molecule has 4 N–H and O–H groups in total. The highest BCUT2D eigenvalue weighted by Crippen LogP contribution is 2.28. The van der Waals surface area contributed by atoms with Crippen LogP contribution in [-0.4, -0.2) is 36.2 Å². The van der Waals surface area contributed by atoms with Crippen LogP contribution in [-0.2, 0) is 0 Å². The summed E-state index contributed by atoms with van der Waals surface area (Å²) in [5.74, 6) is 13.3. The summed E-state index contributed by atoms with van der Waals surface area (Å²) in [5.41, 5.74) is 0. The summed E-state index contributed by atoms with van der Waals surface area (Å²) >= 11 is 0. The zero-order valence-corrected chi connectivity index (χ0v) is 9.57. The van der Waals surface area contributed by atoms with Crippen LogP contribution in [0.15, 0.2) is 0 Å². The molecule has 0 atom stereocenters. The lowest BCUT2D eigenvalue weighted by molar-refractivity contribution is 0.134. The van der Waals surface area contributed by atoms with Gasteiger partial charge in [0.25, 0.3) is 0 Å². The third kappa shape index (κ3) is 3.41. The van der Waals surface area contributed by atoms with Crippen LogP contribution in [0.1, 0.15) is 32.1 Å². The normalized spacial score (nSPS) is 28.4. The van der Waals surface area contributed by atoms with Gasteiger partial charge in [0.2, 0.25) is 0 Å². The summed E-state index contributed by atoms with van der Waals surface area (Å²) < 4.78 is 0. The van der Waals surface area contributed by atoms with E-state index < -0.39 is 0 Å². The quantitative estimate of drug-likeness (QED) is 0.656. The smallest absolute Gasteiger partial charge is 0.0131 e. The highest BCUT2D eigenvalue weighted by Gasteiger charge is 2.23. The Kier molecular flexibility index (Phi) is 3.97. The maximum atomic E-state index is 5.76. The monoisotopic (exact) mass is 212 g/mol. The summed E-state index contributed by atoms with van der Waals surface area (Å²) in [4.78, 5) is 0. The highest BCUT2D eigenvalue weighted by molar-refractivity contribution is 4.76. The van der Waals surface area contributed by atoms with Crippen LogP contribution in [0.2, 0.25) is 0 Å². The molecule has 2 saturated heterocycles. The van der Waals surface area contributed by atoms with Crippen molar-refractivity contribution in [3.8, 4) is 0 Å². The van der Waals surface area contributed by atoms with Crippen LogP contribution in [0.25, 0.3) is 0 Å². The Hall–Kier alpha value is -0.160. The van der Waals surface area contributed by atoms with E-state index >= 15 is 0 Å². The van der Waals surface area contributed by atoms with Gasteiger partial charge >= 0.3 is 0 Å². The van der Waals surface area contributed by atoms with Gasteiger partial charge in [0.15, 0.2) is 0 Å². The van der Waals surface area contributed by atoms with Crippen molar-refractivity contribution in [3.63, 3.8) is 0 Å². The van der Waals surface area contributed by atoms with E-state index in [9.17, 15) is 0 Å². The van der Waals surface area contributed by atoms with Crippen LogP contribution < -0.4 is 11.7 Å². The first-order chi connectivity index (χ1) is 7.24. The molecule has 2 aliphatic heterocycles. The lowest BCUT2D eigenvalue weighted by atomic mass is 9.83. The molecule has 2 fully saturated rings. The van der Waals surface area contributed by atoms with E-state index in [-0.39, 0.29) is 0 Å². The van der Waals surface area contributed by atoms with Crippen molar-refractivity contribution in [3.05, 3.63) is 0 Å². The van der Waals surface area contributed by atoms with Gasteiger partial charge in [0, 0.05) is 26.2 Å². The molecule has 2 aliphatic rings. The molecule has 0 aliphatic carbocycles. The van der Waals surface area contributed by atoms with Crippen LogP contribution in [0.3, 0.4) is 0 Å². The third-order valence-electron chi connectivity index (χ3n) is 3.96. The number of hydrogen-bond donors (Lipinski definition) is 2. The molecule has 88 valence electrons.